The van der Waals surface area contributed by atoms with Crippen LogP contribution >= 0.6 is 11.3 Å². The average Bonchev–Trinajstić information content (AvgIpc) is 3.05. The van der Waals surface area contributed by atoms with Crippen LogP contribution in [0.25, 0.3) is 10.1 Å². The summed E-state index contributed by atoms with van der Waals surface area (Å²) in [4.78, 5) is 12.7. The average molecular weight is 358 g/mol. The van der Waals surface area contributed by atoms with Gasteiger partial charge in [0, 0.05) is 16.1 Å². The molecule has 0 fully saturated rings. The number of amides is 2. The Morgan fingerprint density at radius 1 is 1.16 bits per heavy atom. The lowest BCUT2D eigenvalue weighted by molar-refractivity contribution is 0.0632. The third-order valence-electron chi connectivity index (χ3n) is 3.92. The lowest BCUT2D eigenvalue weighted by Gasteiger charge is -2.22. The van der Waals surface area contributed by atoms with Crippen molar-refractivity contribution < 1.29 is 14.3 Å². The molecule has 4 nitrogen and oxygen atoms in total. The molecule has 0 aliphatic heterocycles. The number of carbonyl (C=O) groups excluding carboxylic acids is 1. The molecule has 25 heavy (non-hydrogen) atoms. The van der Waals surface area contributed by atoms with E-state index in [0.29, 0.717) is 0 Å². The second-order valence-electron chi connectivity index (χ2n) is 6.09. The fourth-order valence-corrected chi connectivity index (χ4v) is 3.54. The van der Waals surface area contributed by atoms with Crippen LogP contribution in [0.5, 0.6) is 0 Å². The predicted molar refractivity (Wildman–Crippen MR) is 98.0 cm³/mol. The maximum Gasteiger partial charge on any atom is 0.315 e. The van der Waals surface area contributed by atoms with Crippen LogP contribution in [-0.2, 0) is 12.1 Å². The smallest absolute Gasteiger partial charge is 0.315 e. The number of aliphatic hydroxyl groups is 1. The van der Waals surface area contributed by atoms with Gasteiger partial charge >= 0.3 is 6.03 Å². The number of urea groups is 1. The van der Waals surface area contributed by atoms with E-state index in [9.17, 15) is 14.3 Å². The first-order valence-corrected chi connectivity index (χ1v) is 8.73. The van der Waals surface area contributed by atoms with Crippen LogP contribution in [-0.4, -0.2) is 17.7 Å². The van der Waals surface area contributed by atoms with Gasteiger partial charge in [0.05, 0.1) is 6.54 Å². The van der Waals surface area contributed by atoms with E-state index in [1.165, 1.54) is 23.5 Å². The number of nitrogens with one attached hydrogen (secondary N) is 2. The summed E-state index contributed by atoms with van der Waals surface area (Å²) in [7, 11) is 0. The van der Waals surface area contributed by atoms with Crippen molar-refractivity contribution >= 4 is 27.5 Å². The highest BCUT2D eigenvalue weighted by Gasteiger charge is 2.26. The van der Waals surface area contributed by atoms with Gasteiger partial charge in [-0.15, -0.1) is 11.3 Å². The van der Waals surface area contributed by atoms with Crippen LogP contribution in [0.2, 0.25) is 0 Å². The first-order valence-electron chi connectivity index (χ1n) is 7.92. The zero-order valence-corrected chi connectivity index (χ0v) is 14.6. The SMILES string of the molecule is C[C@](O)(CNC(=O)NCc1ccc(F)cc1)c1cc2ccccc2s1. The van der Waals surface area contributed by atoms with Crippen molar-refractivity contribution in [1.82, 2.24) is 10.6 Å². The molecule has 0 aliphatic rings. The van der Waals surface area contributed by atoms with Gasteiger partial charge in [-0.05, 0) is 42.1 Å². The Morgan fingerprint density at radius 2 is 1.88 bits per heavy atom. The molecule has 0 bridgehead atoms. The van der Waals surface area contributed by atoms with E-state index >= 15 is 0 Å². The van der Waals surface area contributed by atoms with E-state index in [1.807, 2.05) is 30.3 Å². The number of hydrogen-bond donors (Lipinski definition) is 3. The monoisotopic (exact) mass is 358 g/mol. The molecule has 1 atom stereocenters. The van der Waals surface area contributed by atoms with Crippen LogP contribution in [0.15, 0.2) is 54.6 Å². The van der Waals surface area contributed by atoms with Gasteiger partial charge in [0.15, 0.2) is 0 Å². The van der Waals surface area contributed by atoms with Gasteiger partial charge < -0.3 is 15.7 Å². The van der Waals surface area contributed by atoms with E-state index < -0.39 is 5.60 Å². The van der Waals surface area contributed by atoms with Crippen LogP contribution in [0.1, 0.15) is 17.4 Å². The third-order valence-corrected chi connectivity index (χ3v) is 5.29. The van der Waals surface area contributed by atoms with E-state index in [2.05, 4.69) is 10.6 Å². The Bertz CT molecular complexity index is 842. The first kappa shape index (κ1) is 17.4. The molecule has 0 saturated carbocycles. The molecule has 0 aliphatic carbocycles. The highest BCUT2D eigenvalue weighted by atomic mass is 32.1. The molecule has 3 rings (SSSR count). The van der Waals surface area contributed by atoms with Gasteiger partial charge in [-0.2, -0.15) is 0 Å². The van der Waals surface area contributed by atoms with E-state index in [1.54, 1.807) is 19.1 Å². The van der Waals surface area contributed by atoms with Crippen molar-refractivity contribution in [2.24, 2.45) is 0 Å². The van der Waals surface area contributed by atoms with Crippen molar-refractivity contribution in [2.45, 2.75) is 19.1 Å². The molecule has 3 aromatic rings. The number of halogens is 1. The van der Waals surface area contributed by atoms with Crippen LogP contribution in [0.4, 0.5) is 9.18 Å². The lowest BCUT2D eigenvalue weighted by Crippen LogP contribution is -2.42. The third kappa shape index (κ3) is 4.35. The summed E-state index contributed by atoms with van der Waals surface area (Å²) in [6.07, 6.45) is 0. The number of rotatable bonds is 5. The van der Waals surface area contributed by atoms with Crippen molar-refractivity contribution in [3.8, 4) is 0 Å². The molecule has 130 valence electrons. The summed E-state index contributed by atoms with van der Waals surface area (Å²) in [6.45, 7) is 2.06. The topological polar surface area (TPSA) is 61.4 Å². The molecule has 0 saturated heterocycles. The van der Waals surface area contributed by atoms with Gasteiger partial charge in [0.25, 0.3) is 0 Å². The maximum absolute atomic E-state index is 12.8. The minimum atomic E-state index is -1.16. The minimum absolute atomic E-state index is 0.0923. The second-order valence-corrected chi connectivity index (χ2v) is 7.17. The van der Waals surface area contributed by atoms with Crippen molar-refractivity contribution in [1.29, 1.82) is 0 Å². The molecular formula is C19H19FN2O2S. The van der Waals surface area contributed by atoms with Gasteiger partial charge in [-0.1, -0.05) is 30.3 Å². The van der Waals surface area contributed by atoms with Crippen molar-refractivity contribution in [3.63, 3.8) is 0 Å². The Hall–Kier alpha value is -2.44. The Morgan fingerprint density at radius 3 is 2.60 bits per heavy atom. The largest absolute Gasteiger partial charge is 0.383 e. The Balaban J connectivity index is 1.55. The van der Waals surface area contributed by atoms with Crippen LogP contribution in [0.3, 0.4) is 0 Å². The van der Waals surface area contributed by atoms with E-state index in [0.717, 1.165) is 20.5 Å². The highest BCUT2D eigenvalue weighted by Crippen LogP contribution is 2.32. The standard InChI is InChI=1S/C19H19FN2O2S/c1-19(24,17-10-14-4-2-3-5-16(14)25-17)12-22-18(23)21-11-13-6-8-15(20)9-7-13/h2-10,24H,11-12H2,1H3,(H2,21,22,23)/t19-/m0/s1. The summed E-state index contributed by atoms with van der Waals surface area (Å²) in [5.74, 6) is -0.312. The van der Waals surface area contributed by atoms with E-state index in [-0.39, 0.29) is 24.9 Å². The van der Waals surface area contributed by atoms with Crippen molar-refractivity contribution in [3.05, 3.63) is 70.9 Å². The summed E-state index contributed by atoms with van der Waals surface area (Å²) in [5.41, 5.74) is -0.357. The first-order chi connectivity index (χ1) is 11.9. The zero-order chi connectivity index (χ0) is 17.9. The molecule has 0 spiro atoms. The normalized spacial score (nSPS) is 13.4. The van der Waals surface area contributed by atoms with Gasteiger partial charge in [-0.25, -0.2) is 9.18 Å². The molecule has 1 heterocycles. The zero-order valence-electron chi connectivity index (χ0n) is 13.8. The molecule has 3 N–H and O–H groups in total. The molecule has 2 aromatic carbocycles. The molecule has 2 amide bonds. The number of carbonyl (C=O) groups is 1. The Labute approximate surface area is 149 Å². The molecule has 6 heteroatoms. The lowest BCUT2D eigenvalue weighted by atomic mass is 10.0. The van der Waals surface area contributed by atoms with Gasteiger partial charge in [0.1, 0.15) is 11.4 Å². The van der Waals surface area contributed by atoms with Crippen LogP contribution < -0.4 is 10.6 Å². The molecule has 0 radical (unpaired) electrons. The number of hydrogen-bond acceptors (Lipinski definition) is 3. The minimum Gasteiger partial charge on any atom is -0.383 e. The number of benzene rings is 2. The quantitative estimate of drug-likeness (QED) is 0.650. The van der Waals surface area contributed by atoms with Gasteiger partial charge in [-0.3, -0.25) is 0 Å². The predicted octanol–water partition coefficient (Wildman–Crippen LogP) is 3.75. The van der Waals surface area contributed by atoms with Crippen molar-refractivity contribution in [2.75, 3.05) is 6.54 Å². The second kappa shape index (κ2) is 7.21. The summed E-state index contributed by atoms with van der Waals surface area (Å²) in [6, 6.07) is 15.4. The summed E-state index contributed by atoms with van der Waals surface area (Å²) >= 11 is 1.51. The fourth-order valence-electron chi connectivity index (χ4n) is 2.43. The van der Waals surface area contributed by atoms with E-state index in [4.69, 9.17) is 0 Å². The van der Waals surface area contributed by atoms with Gasteiger partial charge in [0.2, 0.25) is 0 Å². The number of fused-ring (bicyclic) bond motifs is 1. The Kier molecular flexibility index (Phi) is 5.01. The molecule has 0 unspecified atom stereocenters. The number of thiophene rings is 1. The molecular weight excluding hydrogens is 339 g/mol. The summed E-state index contributed by atoms with van der Waals surface area (Å²) in [5, 5.41) is 17.1. The summed E-state index contributed by atoms with van der Waals surface area (Å²) < 4.78 is 13.9. The maximum atomic E-state index is 12.8. The highest BCUT2D eigenvalue weighted by molar-refractivity contribution is 7.19. The fraction of sp³-hybridized carbons (Fsp3) is 0.211. The molecule has 1 aromatic heterocycles. The van der Waals surface area contributed by atoms with Crippen LogP contribution in [0, 0.1) is 5.82 Å².